The number of hydrazine groups is 2. The predicted octanol–water partition coefficient (Wildman–Crippen LogP) is -1.31. The largest absolute Gasteiger partial charge is 0.372 e. The van der Waals surface area contributed by atoms with Crippen LogP contribution >= 0.6 is 0 Å². The van der Waals surface area contributed by atoms with Crippen molar-refractivity contribution >= 4 is 11.8 Å². The number of nitrogens with two attached hydrogens (primary N) is 1. The number of carbonyl (C=O) groups excluding carboxylic acids is 2. The number of carbonyl (C=O) groups is 2. The summed E-state index contributed by atoms with van der Waals surface area (Å²) in [5, 5.41) is 1.57. The highest BCUT2D eigenvalue weighted by molar-refractivity contribution is 5.89. The van der Waals surface area contributed by atoms with E-state index < -0.39 is 11.8 Å². The summed E-state index contributed by atoms with van der Waals surface area (Å²) in [5.74, 6) is 3.89. The first-order valence-corrected chi connectivity index (χ1v) is 7.64. The van der Waals surface area contributed by atoms with Gasteiger partial charge in [-0.15, -0.1) is 0 Å². The average molecular weight is 310 g/mol. The van der Waals surface area contributed by atoms with Gasteiger partial charge in [0.25, 0.3) is 0 Å². The van der Waals surface area contributed by atoms with Crippen molar-refractivity contribution in [3.63, 3.8) is 0 Å². The lowest BCUT2D eigenvalue weighted by Gasteiger charge is -2.31. The van der Waals surface area contributed by atoms with E-state index in [4.69, 9.17) is 15.3 Å². The molecule has 8 heteroatoms. The van der Waals surface area contributed by atoms with E-state index in [1.165, 1.54) is 0 Å². The van der Waals surface area contributed by atoms with Crippen LogP contribution in [0.4, 0.5) is 0 Å². The molecule has 4 atom stereocenters. The minimum Gasteiger partial charge on any atom is -0.372 e. The highest BCUT2D eigenvalue weighted by Crippen LogP contribution is 2.27. The summed E-state index contributed by atoms with van der Waals surface area (Å²) < 4.78 is 10.4. The van der Waals surface area contributed by atoms with Gasteiger partial charge in [-0.1, -0.05) is 12.2 Å². The normalized spacial score (nSPS) is 32.4. The molecule has 8 nitrogen and oxygen atoms in total. The maximum Gasteiger partial charge on any atom is 0.244 e. The Hall–Kier alpha value is -1.48. The monoisotopic (exact) mass is 310 g/mol. The van der Waals surface area contributed by atoms with E-state index in [1.807, 2.05) is 12.2 Å². The van der Waals surface area contributed by atoms with Crippen molar-refractivity contribution in [2.45, 2.75) is 25.0 Å². The maximum atomic E-state index is 12.8. The van der Waals surface area contributed by atoms with Crippen molar-refractivity contribution < 1.29 is 19.1 Å². The molecule has 4 unspecified atom stereocenters. The fourth-order valence-electron chi connectivity index (χ4n) is 2.68. The van der Waals surface area contributed by atoms with Gasteiger partial charge in [0.2, 0.25) is 11.8 Å². The lowest BCUT2D eigenvalue weighted by molar-refractivity contribution is -0.143. The molecule has 0 spiro atoms. The molecule has 2 amide bonds. The van der Waals surface area contributed by atoms with Crippen molar-refractivity contribution in [2.24, 2.45) is 17.7 Å². The fraction of sp³-hybridized carbons (Fsp3) is 0.714. The summed E-state index contributed by atoms with van der Waals surface area (Å²) >= 11 is 0. The predicted molar refractivity (Wildman–Crippen MR) is 76.9 cm³/mol. The maximum absolute atomic E-state index is 12.8. The van der Waals surface area contributed by atoms with Crippen molar-refractivity contribution in [3.8, 4) is 0 Å². The van der Waals surface area contributed by atoms with Gasteiger partial charge < -0.3 is 9.47 Å². The van der Waals surface area contributed by atoms with E-state index in [-0.39, 0.29) is 24.0 Å². The van der Waals surface area contributed by atoms with E-state index in [0.29, 0.717) is 26.1 Å². The first-order chi connectivity index (χ1) is 10.7. The molecule has 1 aliphatic carbocycles. The molecule has 0 saturated carbocycles. The van der Waals surface area contributed by atoms with Crippen LogP contribution in [0.5, 0.6) is 0 Å². The summed E-state index contributed by atoms with van der Waals surface area (Å²) in [4.78, 5) is 24.7. The standard InChI is InChI=1S/C14H22N4O4/c15-17-13(19)11-3-1-2-4-12(11)14(20)18(6-10-8-22-10)16-5-9-7-21-9/h2,4,9-12,16H,1,3,5-8,15H2,(H,17,19). The van der Waals surface area contributed by atoms with Gasteiger partial charge in [0.1, 0.15) is 6.10 Å². The van der Waals surface area contributed by atoms with Crippen LogP contribution in [0, 0.1) is 11.8 Å². The second-order valence-electron chi connectivity index (χ2n) is 5.87. The third-order valence-electron chi connectivity index (χ3n) is 4.15. The van der Waals surface area contributed by atoms with Gasteiger partial charge in [0, 0.05) is 6.54 Å². The number of epoxide rings is 2. The van der Waals surface area contributed by atoms with Crippen LogP contribution < -0.4 is 16.7 Å². The smallest absolute Gasteiger partial charge is 0.244 e. The van der Waals surface area contributed by atoms with Gasteiger partial charge in [-0.2, -0.15) is 0 Å². The summed E-state index contributed by atoms with van der Waals surface area (Å²) in [5.41, 5.74) is 5.27. The van der Waals surface area contributed by atoms with Crippen LogP contribution in [0.25, 0.3) is 0 Å². The Bertz CT molecular complexity index is 462. The van der Waals surface area contributed by atoms with E-state index >= 15 is 0 Å². The molecule has 2 aliphatic heterocycles. The minimum atomic E-state index is -0.497. The van der Waals surface area contributed by atoms with Gasteiger partial charge in [0.05, 0.1) is 37.7 Å². The van der Waals surface area contributed by atoms with Crippen LogP contribution in [-0.4, -0.2) is 55.3 Å². The van der Waals surface area contributed by atoms with Gasteiger partial charge in [-0.05, 0) is 12.8 Å². The SMILES string of the molecule is NNC(=O)C1CCC=CC1C(=O)N(CC1CO1)NCC1CO1. The van der Waals surface area contributed by atoms with Crippen LogP contribution in [0.3, 0.4) is 0 Å². The molecule has 0 aromatic heterocycles. The van der Waals surface area contributed by atoms with Crippen molar-refractivity contribution in [1.82, 2.24) is 15.9 Å². The van der Waals surface area contributed by atoms with Crippen molar-refractivity contribution in [2.75, 3.05) is 26.3 Å². The van der Waals surface area contributed by atoms with Crippen LogP contribution in [0.1, 0.15) is 12.8 Å². The second-order valence-corrected chi connectivity index (χ2v) is 5.87. The van der Waals surface area contributed by atoms with E-state index in [9.17, 15) is 9.59 Å². The molecule has 0 bridgehead atoms. The number of allylic oxidation sites excluding steroid dienone is 1. The number of ether oxygens (including phenoxy) is 2. The molecule has 2 fully saturated rings. The topological polar surface area (TPSA) is 113 Å². The number of nitrogens with one attached hydrogen (secondary N) is 2. The third-order valence-corrected chi connectivity index (χ3v) is 4.15. The third kappa shape index (κ3) is 3.83. The van der Waals surface area contributed by atoms with Gasteiger partial charge in [-0.3, -0.25) is 20.0 Å². The number of hydrogen-bond acceptors (Lipinski definition) is 6. The van der Waals surface area contributed by atoms with E-state index in [0.717, 1.165) is 13.0 Å². The summed E-state index contributed by atoms with van der Waals surface area (Å²) in [7, 11) is 0. The molecule has 3 aliphatic rings. The minimum absolute atomic E-state index is 0.0749. The summed E-state index contributed by atoms with van der Waals surface area (Å²) in [6.45, 7) is 2.45. The molecule has 0 aromatic rings. The van der Waals surface area contributed by atoms with Gasteiger partial charge in [0.15, 0.2) is 0 Å². The number of rotatable bonds is 7. The highest BCUT2D eigenvalue weighted by atomic mass is 16.6. The van der Waals surface area contributed by atoms with E-state index in [1.54, 1.807) is 5.01 Å². The quantitative estimate of drug-likeness (QED) is 0.177. The number of hydrogen-bond donors (Lipinski definition) is 3. The van der Waals surface area contributed by atoms with Crippen molar-refractivity contribution in [3.05, 3.63) is 12.2 Å². The Balaban J connectivity index is 1.66. The van der Waals surface area contributed by atoms with Crippen molar-refractivity contribution in [1.29, 1.82) is 0 Å². The summed E-state index contributed by atoms with van der Waals surface area (Å²) in [6, 6.07) is 0. The molecule has 3 rings (SSSR count). The molecule has 0 radical (unpaired) electrons. The van der Waals surface area contributed by atoms with E-state index in [2.05, 4.69) is 10.9 Å². The van der Waals surface area contributed by atoms with Crippen LogP contribution in [0.15, 0.2) is 12.2 Å². The fourth-order valence-corrected chi connectivity index (χ4v) is 2.68. The van der Waals surface area contributed by atoms with Crippen LogP contribution in [0.2, 0.25) is 0 Å². The molecule has 2 heterocycles. The zero-order valence-electron chi connectivity index (χ0n) is 12.4. The highest BCUT2D eigenvalue weighted by Gasteiger charge is 2.38. The molecular weight excluding hydrogens is 288 g/mol. The lowest BCUT2D eigenvalue weighted by atomic mass is 9.82. The van der Waals surface area contributed by atoms with Gasteiger partial charge >= 0.3 is 0 Å². The second kappa shape index (κ2) is 6.74. The lowest BCUT2D eigenvalue weighted by Crippen LogP contribution is -2.52. The van der Waals surface area contributed by atoms with Crippen LogP contribution in [-0.2, 0) is 19.1 Å². The zero-order valence-corrected chi connectivity index (χ0v) is 12.4. The average Bonchev–Trinajstić information content (AvgIpc) is 3.44. The Morgan fingerprint density at radius 1 is 1.27 bits per heavy atom. The number of nitrogens with zero attached hydrogens (tertiary/aromatic N) is 1. The Morgan fingerprint density at radius 2 is 2.00 bits per heavy atom. The Kier molecular flexibility index (Phi) is 4.72. The molecular formula is C14H22N4O4. The zero-order chi connectivity index (χ0) is 15.5. The number of amides is 2. The molecule has 4 N–H and O–H groups in total. The van der Waals surface area contributed by atoms with Gasteiger partial charge in [-0.25, -0.2) is 11.3 Å². The Morgan fingerprint density at radius 3 is 2.64 bits per heavy atom. The molecule has 122 valence electrons. The molecule has 2 saturated heterocycles. The molecule has 22 heavy (non-hydrogen) atoms. The Labute approximate surface area is 128 Å². The summed E-state index contributed by atoms with van der Waals surface area (Å²) in [6.07, 6.45) is 5.39. The molecule has 0 aromatic carbocycles. The first kappa shape index (κ1) is 15.4. The first-order valence-electron chi connectivity index (χ1n) is 7.64.